The van der Waals surface area contributed by atoms with Crippen molar-refractivity contribution >= 4 is 31.9 Å². The topological polar surface area (TPSA) is 35.0 Å². The van der Waals surface area contributed by atoms with Gasteiger partial charge < -0.3 is 4.74 Å². The Labute approximate surface area is 104 Å². The van der Waals surface area contributed by atoms with Gasteiger partial charge in [-0.2, -0.15) is 0 Å². The minimum Gasteiger partial charge on any atom is -0.436 e. The molecular formula is C10H6Br2N2O. The van der Waals surface area contributed by atoms with Crippen LogP contribution in [0.2, 0.25) is 0 Å². The smallest absolute Gasteiger partial charge is 0.220 e. The van der Waals surface area contributed by atoms with E-state index in [1.165, 1.54) is 0 Å². The van der Waals surface area contributed by atoms with Gasteiger partial charge in [-0.15, -0.1) is 0 Å². The average molecular weight is 330 g/mol. The quantitative estimate of drug-likeness (QED) is 0.786. The van der Waals surface area contributed by atoms with E-state index in [2.05, 4.69) is 41.8 Å². The second-order valence-electron chi connectivity index (χ2n) is 2.69. The molecule has 0 aliphatic rings. The fourth-order valence-corrected chi connectivity index (χ4v) is 1.67. The molecule has 0 saturated carbocycles. The predicted octanol–water partition coefficient (Wildman–Crippen LogP) is 3.79. The van der Waals surface area contributed by atoms with Gasteiger partial charge in [0.2, 0.25) is 5.88 Å². The van der Waals surface area contributed by atoms with Crippen molar-refractivity contribution in [3.05, 3.63) is 45.7 Å². The summed E-state index contributed by atoms with van der Waals surface area (Å²) in [5.41, 5.74) is 0. The Morgan fingerprint density at radius 1 is 1.07 bits per heavy atom. The summed E-state index contributed by atoms with van der Waals surface area (Å²) in [6.45, 7) is 0. The van der Waals surface area contributed by atoms with Gasteiger partial charge in [0.1, 0.15) is 9.21 Å². The number of aromatic nitrogens is 2. The van der Waals surface area contributed by atoms with Crippen LogP contribution in [0.4, 0.5) is 0 Å². The summed E-state index contributed by atoms with van der Waals surface area (Å²) in [5.74, 6) is 1.17. The van der Waals surface area contributed by atoms with Gasteiger partial charge in [0, 0.05) is 12.3 Å². The number of hydrogen-bond donors (Lipinski definition) is 0. The molecule has 0 spiro atoms. The maximum Gasteiger partial charge on any atom is 0.220 e. The van der Waals surface area contributed by atoms with Gasteiger partial charge in [0.25, 0.3) is 0 Å². The Hall–Kier alpha value is -0.940. The molecule has 0 amide bonds. The molecule has 5 heteroatoms. The van der Waals surface area contributed by atoms with Crippen molar-refractivity contribution < 1.29 is 4.74 Å². The van der Waals surface area contributed by atoms with Crippen LogP contribution in [0.1, 0.15) is 0 Å². The lowest BCUT2D eigenvalue weighted by atomic mass is 10.4. The zero-order valence-corrected chi connectivity index (χ0v) is 10.7. The molecule has 0 aromatic carbocycles. The van der Waals surface area contributed by atoms with Crippen LogP contribution >= 0.6 is 31.9 Å². The third kappa shape index (κ3) is 2.76. The van der Waals surface area contributed by atoms with Crippen molar-refractivity contribution in [2.45, 2.75) is 0 Å². The Morgan fingerprint density at radius 3 is 2.67 bits per heavy atom. The van der Waals surface area contributed by atoms with Crippen molar-refractivity contribution in [1.82, 2.24) is 9.97 Å². The van der Waals surface area contributed by atoms with Crippen molar-refractivity contribution in [3.8, 4) is 11.6 Å². The summed E-state index contributed by atoms with van der Waals surface area (Å²) in [7, 11) is 0. The Morgan fingerprint density at radius 2 is 1.93 bits per heavy atom. The van der Waals surface area contributed by atoms with Crippen LogP contribution < -0.4 is 4.74 Å². The van der Waals surface area contributed by atoms with Gasteiger partial charge in [-0.3, -0.25) is 0 Å². The van der Waals surface area contributed by atoms with E-state index in [0.29, 0.717) is 16.2 Å². The highest BCUT2D eigenvalue weighted by atomic mass is 79.9. The monoisotopic (exact) mass is 328 g/mol. The van der Waals surface area contributed by atoms with E-state index in [4.69, 9.17) is 4.74 Å². The summed E-state index contributed by atoms with van der Waals surface area (Å²) in [6, 6.07) is 9.10. The number of nitrogens with zero attached hydrogens (tertiary/aromatic N) is 2. The molecule has 2 heterocycles. The molecule has 0 N–H and O–H groups in total. The summed E-state index contributed by atoms with van der Waals surface area (Å²) in [4.78, 5) is 8.21. The molecule has 15 heavy (non-hydrogen) atoms. The molecule has 2 aromatic heterocycles. The average Bonchev–Trinajstić information content (AvgIpc) is 2.22. The van der Waals surface area contributed by atoms with Crippen molar-refractivity contribution in [2.24, 2.45) is 0 Å². The van der Waals surface area contributed by atoms with Crippen LogP contribution in [0.3, 0.4) is 0 Å². The second-order valence-corrected chi connectivity index (χ2v) is 4.26. The molecule has 0 aliphatic carbocycles. The maximum atomic E-state index is 5.54. The Bertz CT molecular complexity index is 476. The lowest BCUT2D eigenvalue weighted by Gasteiger charge is -2.05. The molecule has 0 fully saturated rings. The highest BCUT2D eigenvalue weighted by Gasteiger charge is 2.03. The van der Waals surface area contributed by atoms with Crippen LogP contribution in [-0.4, -0.2) is 9.97 Å². The van der Waals surface area contributed by atoms with Crippen molar-refractivity contribution in [3.63, 3.8) is 0 Å². The van der Waals surface area contributed by atoms with Crippen LogP contribution in [0.15, 0.2) is 45.7 Å². The largest absolute Gasteiger partial charge is 0.436 e. The molecule has 0 bridgehead atoms. The molecule has 0 unspecified atom stereocenters. The number of hydrogen-bond acceptors (Lipinski definition) is 3. The first-order valence-electron chi connectivity index (χ1n) is 4.16. The van der Waals surface area contributed by atoms with E-state index >= 15 is 0 Å². The molecule has 2 rings (SSSR count). The first kappa shape index (κ1) is 10.6. The van der Waals surface area contributed by atoms with E-state index in [0.717, 1.165) is 4.60 Å². The minimum absolute atomic E-state index is 0.526. The van der Waals surface area contributed by atoms with Gasteiger partial charge in [-0.1, -0.05) is 6.07 Å². The van der Waals surface area contributed by atoms with Crippen molar-refractivity contribution in [2.75, 3.05) is 0 Å². The highest BCUT2D eigenvalue weighted by molar-refractivity contribution is 9.10. The zero-order valence-electron chi connectivity index (χ0n) is 7.52. The number of rotatable bonds is 2. The number of ether oxygens (including phenoxy) is 1. The summed E-state index contributed by atoms with van der Waals surface area (Å²) < 4.78 is 6.93. The normalized spacial score (nSPS) is 10.0. The fraction of sp³-hybridized carbons (Fsp3) is 0. The highest BCUT2D eigenvalue weighted by Crippen LogP contribution is 2.26. The predicted molar refractivity (Wildman–Crippen MR) is 63.9 cm³/mol. The van der Waals surface area contributed by atoms with E-state index < -0.39 is 0 Å². The lowest BCUT2D eigenvalue weighted by molar-refractivity contribution is 0.456. The van der Waals surface area contributed by atoms with Gasteiger partial charge in [-0.25, -0.2) is 9.97 Å². The van der Waals surface area contributed by atoms with Crippen LogP contribution in [0.5, 0.6) is 11.6 Å². The SMILES string of the molecule is Brc1cccc(Oc2cccnc2Br)n1. The first-order valence-corrected chi connectivity index (χ1v) is 5.75. The molecule has 0 saturated heterocycles. The van der Waals surface area contributed by atoms with Crippen LogP contribution in [0, 0.1) is 0 Å². The molecule has 0 aliphatic heterocycles. The Kier molecular flexibility index (Phi) is 3.33. The lowest BCUT2D eigenvalue weighted by Crippen LogP contribution is -1.89. The molecule has 3 nitrogen and oxygen atoms in total. The Balaban J connectivity index is 2.26. The third-order valence-electron chi connectivity index (χ3n) is 1.63. The summed E-state index contributed by atoms with van der Waals surface area (Å²) in [5, 5.41) is 0. The van der Waals surface area contributed by atoms with Crippen molar-refractivity contribution in [1.29, 1.82) is 0 Å². The molecule has 76 valence electrons. The second kappa shape index (κ2) is 4.72. The molecule has 0 radical (unpaired) electrons. The standard InChI is InChI=1S/C10H6Br2N2O/c11-8-4-1-5-9(14-8)15-7-3-2-6-13-10(7)12/h1-6H. The van der Waals surface area contributed by atoms with Gasteiger partial charge in [0.05, 0.1) is 0 Å². The summed E-state index contributed by atoms with van der Waals surface area (Å²) in [6.07, 6.45) is 1.69. The fourth-order valence-electron chi connectivity index (χ4n) is 1.01. The summed E-state index contributed by atoms with van der Waals surface area (Å²) >= 11 is 6.57. The van der Waals surface area contributed by atoms with Gasteiger partial charge >= 0.3 is 0 Å². The van der Waals surface area contributed by atoms with Gasteiger partial charge in [-0.05, 0) is 50.1 Å². The molecule has 0 atom stereocenters. The van der Waals surface area contributed by atoms with Crippen LogP contribution in [0.25, 0.3) is 0 Å². The zero-order chi connectivity index (χ0) is 10.7. The van der Waals surface area contributed by atoms with Gasteiger partial charge in [0.15, 0.2) is 5.75 Å². The van der Waals surface area contributed by atoms with Crippen LogP contribution in [-0.2, 0) is 0 Å². The van der Waals surface area contributed by atoms with E-state index in [1.54, 1.807) is 18.3 Å². The van der Waals surface area contributed by atoms with E-state index in [-0.39, 0.29) is 0 Å². The number of halogens is 2. The molecule has 2 aromatic rings. The van der Waals surface area contributed by atoms with E-state index in [1.807, 2.05) is 18.2 Å². The van der Waals surface area contributed by atoms with E-state index in [9.17, 15) is 0 Å². The minimum atomic E-state index is 0.526. The third-order valence-corrected chi connectivity index (χ3v) is 2.67. The molecular weight excluding hydrogens is 324 g/mol. The maximum absolute atomic E-state index is 5.54. The first-order chi connectivity index (χ1) is 7.25. The number of pyridine rings is 2.